The summed E-state index contributed by atoms with van der Waals surface area (Å²) in [4.78, 5) is 27.4. The van der Waals surface area contributed by atoms with Gasteiger partial charge in [-0.05, 0) is 66.3 Å². The summed E-state index contributed by atoms with van der Waals surface area (Å²) >= 11 is 0. The maximum Gasteiger partial charge on any atom is 0.254 e. The van der Waals surface area contributed by atoms with Crippen molar-refractivity contribution in [1.29, 1.82) is 0 Å². The van der Waals surface area contributed by atoms with Crippen molar-refractivity contribution in [1.82, 2.24) is 5.32 Å². The highest BCUT2D eigenvalue weighted by Crippen LogP contribution is 2.48. The Labute approximate surface area is 233 Å². The van der Waals surface area contributed by atoms with E-state index in [9.17, 15) is 14.0 Å². The van der Waals surface area contributed by atoms with Crippen molar-refractivity contribution in [2.45, 2.75) is 46.1 Å². The molecule has 0 radical (unpaired) electrons. The molecule has 1 aliphatic carbocycles. The van der Waals surface area contributed by atoms with E-state index in [1.54, 1.807) is 7.11 Å². The number of anilines is 1. The number of methoxy groups -OCH3 is 1. The molecule has 1 amide bonds. The molecule has 2 N–H and O–H groups in total. The Balaban J connectivity index is 1.54. The van der Waals surface area contributed by atoms with E-state index in [4.69, 9.17) is 9.47 Å². The van der Waals surface area contributed by atoms with Crippen LogP contribution < -0.4 is 20.1 Å². The predicted molar refractivity (Wildman–Crippen MR) is 152 cm³/mol. The molecule has 40 heavy (non-hydrogen) atoms. The quantitative estimate of drug-likeness (QED) is 0.351. The van der Waals surface area contributed by atoms with Crippen LogP contribution >= 0.6 is 0 Å². The first-order valence-corrected chi connectivity index (χ1v) is 13.3. The first-order chi connectivity index (χ1) is 19.1. The Morgan fingerprint density at radius 2 is 1.75 bits per heavy atom. The zero-order valence-electron chi connectivity index (χ0n) is 23.1. The number of amides is 1. The van der Waals surface area contributed by atoms with Crippen LogP contribution in [0.15, 0.2) is 95.3 Å². The first kappa shape index (κ1) is 27.2. The zero-order valence-corrected chi connectivity index (χ0v) is 23.1. The average molecular weight is 541 g/mol. The largest absolute Gasteiger partial charge is 0.493 e. The fourth-order valence-electron chi connectivity index (χ4n) is 5.52. The van der Waals surface area contributed by atoms with Crippen LogP contribution in [0.5, 0.6) is 11.5 Å². The maximum absolute atomic E-state index is 13.7. The number of benzene rings is 3. The molecule has 6 nitrogen and oxygen atoms in total. The summed E-state index contributed by atoms with van der Waals surface area (Å²) in [5.74, 6) is -0.295. The number of nitrogens with one attached hydrogen (secondary N) is 2. The van der Waals surface area contributed by atoms with Gasteiger partial charge in [0.2, 0.25) is 0 Å². The van der Waals surface area contributed by atoms with Crippen LogP contribution in [-0.2, 0) is 16.2 Å². The second-order valence-electron chi connectivity index (χ2n) is 11.1. The number of carbonyl (C=O) groups is 2. The minimum absolute atomic E-state index is 0.00621. The molecule has 3 aromatic carbocycles. The lowest BCUT2D eigenvalue weighted by Gasteiger charge is -2.39. The number of carbonyl (C=O) groups excluding carboxylic acids is 2. The molecule has 7 heteroatoms. The molecule has 1 heterocycles. The monoisotopic (exact) mass is 540 g/mol. The van der Waals surface area contributed by atoms with Gasteiger partial charge < -0.3 is 20.1 Å². The summed E-state index contributed by atoms with van der Waals surface area (Å²) in [6.07, 6.45) is 1.06. The van der Waals surface area contributed by atoms with Crippen LogP contribution in [-0.4, -0.2) is 18.8 Å². The molecular weight excluding hydrogens is 507 g/mol. The number of allylic oxidation sites excluding steroid dienone is 3. The number of ketones is 1. The Bertz CT molecular complexity index is 1510. The SMILES string of the molecule is COc1cc(C2C(C(=O)Nc3ccc(F)cc3)=C(C)NC3=C2C(=O)CC(C)(C)C3)ccc1OCc1ccccc1. The molecule has 206 valence electrons. The van der Waals surface area contributed by atoms with Gasteiger partial charge in [-0.15, -0.1) is 0 Å². The van der Waals surface area contributed by atoms with Crippen molar-refractivity contribution in [2.24, 2.45) is 5.41 Å². The van der Waals surface area contributed by atoms with Crippen molar-refractivity contribution in [2.75, 3.05) is 12.4 Å². The summed E-state index contributed by atoms with van der Waals surface area (Å²) in [5, 5.41) is 6.25. The van der Waals surface area contributed by atoms with E-state index in [1.807, 2.05) is 55.5 Å². The molecule has 1 unspecified atom stereocenters. The standard InChI is InChI=1S/C33H33FN2O4/c1-20-29(32(38)36-24-13-11-23(34)12-14-24)30(31-25(35-20)17-33(2,3)18-26(31)37)22-10-15-27(28(16-22)39-4)40-19-21-8-6-5-7-9-21/h5-16,30,35H,17-19H2,1-4H3,(H,36,38). The molecule has 2 aliphatic rings. The Morgan fingerprint density at radius 3 is 2.45 bits per heavy atom. The van der Waals surface area contributed by atoms with Gasteiger partial charge in [-0.1, -0.05) is 50.2 Å². The van der Waals surface area contributed by atoms with Crippen LogP contribution in [0.2, 0.25) is 0 Å². The van der Waals surface area contributed by atoms with E-state index in [0.29, 0.717) is 53.5 Å². The first-order valence-electron chi connectivity index (χ1n) is 13.3. The second-order valence-corrected chi connectivity index (χ2v) is 11.1. The molecule has 3 aromatic rings. The van der Waals surface area contributed by atoms with Crippen LogP contribution in [0.3, 0.4) is 0 Å². The van der Waals surface area contributed by atoms with Gasteiger partial charge >= 0.3 is 0 Å². The molecular formula is C33H33FN2O4. The maximum atomic E-state index is 13.7. The molecule has 0 fully saturated rings. The fourth-order valence-corrected chi connectivity index (χ4v) is 5.52. The van der Waals surface area contributed by atoms with Gasteiger partial charge in [-0.3, -0.25) is 9.59 Å². The molecule has 1 aliphatic heterocycles. The summed E-state index contributed by atoms with van der Waals surface area (Å²) in [7, 11) is 1.57. The molecule has 0 saturated heterocycles. The molecule has 1 atom stereocenters. The van der Waals surface area contributed by atoms with Gasteiger partial charge in [0.05, 0.1) is 7.11 Å². The number of dihydropyridines is 1. The number of hydrogen-bond donors (Lipinski definition) is 2. The highest BCUT2D eigenvalue weighted by Gasteiger charge is 2.43. The molecule has 5 rings (SSSR count). The van der Waals surface area contributed by atoms with E-state index in [0.717, 1.165) is 16.8 Å². The van der Waals surface area contributed by atoms with Crippen molar-refractivity contribution >= 4 is 17.4 Å². The van der Waals surface area contributed by atoms with Crippen molar-refractivity contribution in [3.63, 3.8) is 0 Å². The minimum Gasteiger partial charge on any atom is -0.493 e. The van der Waals surface area contributed by atoms with Gasteiger partial charge in [0.15, 0.2) is 17.3 Å². The van der Waals surface area contributed by atoms with E-state index >= 15 is 0 Å². The van der Waals surface area contributed by atoms with Crippen LogP contribution in [0.4, 0.5) is 10.1 Å². The lowest BCUT2D eigenvalue weighted by atomic mass is 9.68. The third-order valence-electron chi connectivity index (χ3n) is 7.34. The number of rotatable bonds is 7. The number of Topliss-reactive ketones (excluding diaryl/α,β-unsaturated/α-hetero) is 1. The lowest BCUT2D eigenvalue weighted by Crippen LogP contribution is -2.39. The average Bonchev–Trinajstić information content (AvgIpc) is 2.92. The summed E-state index contributed by atoms with van der Waals surface area (Å²) < 4.78 is 25.2. The zero-order chi connectivity index (χ0) is 28.4. The lowest BCUT2D eigenvalue weighted by molar-refractivity contribution is -0.118. The summed E-state index contributed by atoms with van der Waals surface area (Å²) in [6, 6.07) is 21.0. The van der Waals surface area contributed by atoms with Crippen molar-refractivity contribution in [3.8, 4) is 11.5 Å². The Kier molecular flexibility index (Phi) is 7.48. The number of ether oxygens (including phenoxy) is 2. The van der Waals surface area contributed by atoms with Crippen molar-refractivity contribution in [3.05, 3.63) is 112 Å². The van der Waals surface area contributed by atoms with Crippen LogP contribution in [0, 0.1) is 11.2 Å². The van der Waals surface area contributed by atoms with Gasteiger partial charge in [-0.25, -0.2) is 4.39 Å². The summed E-state index contributed by atoms with van der Waals surface area (Å²) in [6.45, 7) is 6.36. The predicted octanol–water partition coefficient (Wildman–Crippen LogP) is 6.66. The smallest absolute Gasteiger partial charge is 0.254 e. The highest BCUT2D eigenvalue weighted by atomic mass is 19.1. The molecule has 0 saturated carbocycles. The van der Waals surface area contributed by atoms with Gasteiger partial charge in [0.1, 0.15) is 12.4 Å². The van der Waals surface area contributed by atoms with Crippen molar-refractivity contribution < 1.29 is 23.5 Å². The normalized spacial score (nSPS) is 18.1. The fraction of sp³-hybridized carbons (Fsp3) is 0.273. The molecule has 0 aromatic heterocycles. The van der Waals surface area contributed by atoms with Gasteiger partial charge in [-0.2, -0.15) is 0 Å². The van der Waals surface area contributed by atoms with E-state index in [-0.39, 0.29) is 17.1 Å². The molecule has 0 bridgehead atoms. The van der Waals surface area contributed by atoms with E-state index < -0.39 is 11.7 Å². The highest BCUT2D eigenvalue weighted by molar-refractivity contribution is 6.10. The van der Waals surface area contributed by atoms with Gasteiger partial charge in [0.25, 0.3) is 5.91 Å². The third-order valence-corrected chi connectivity index (χ3v) is 7.34. The molecule has 0 spiro atoms. The Morgan fingerprint density at radius 1 is 1.02 bits per heavy atom. The summed E-state index contributed by atoms with van der Waals surface area (Å²) in [5.41, 5.74) is 4.55. The topological polar surface area (TPSA) is 76.7 Å². The number of hydrogen-bond acceptors (Lipinski definition) is 5. The van der Waals surface area contributed by atoms with Crippen LogP contribution in [0.25, 0.3) is 0 Å². The van der Waals surface area contributed by atoms with Gasteiger partial charge in [0, 0.05) is 40.6 Å². The third kappa shape index (κ3) is 5.64. The van der Waals surface area contributed by atoms with Crippen LogP contribution in [0.1, 0.15) is 50.7 Å². The second kappa shape index (κ2) is 11.0. The minimum atomic E-state index is -0.614. The van der Waals surface area contributed by atoms with E-state index in [1.165, 1.54) is 24.3 Å². The Hall–Kier alpha value is -4.39. The number of halogens is 1. The van der Waals surface area contributed by atoms with E-state index in [2.05, 4.69) is 24.5 Å².